The van der Waals surface area contributed by atoms with Crippen LogP contribution in [0, 0.1) is 19.7 Å². The average Bonchev–Trinajstić information content (AvgIpc) is 2.65. The van der Waals surface area contributed by atoms with Crippen LogP contribution in [0.1, 0.15) is 24.6 Å². The molecule has 0 saturated carbocycles. The average molecular weight is 247 g/mol. The van der Waals surface area contributed by atoms with Crippen LogP contribution in [0.2, 0.25) is 0 Å². The third kappa shape index (κ3) is 2.70. The molecule has 0 unspecified atom stereocenters. The standard InChI is InChI=1S/C14H18FN3/c1-4-7-18-9-11(3)16-14(18)17-12-5-6-13(15)10(2)8-12/h5-6,8-9H,4,7H2,1-3H3,(H,16,17). The van der Waals surface area contributed by atoms with Gasteiger partial charge in [-0.15, -0.1) is 0 Å². The largest absolute Gasteiger partial charge is 0.326 e. The number of anilines is 2. The molecule has 0 amide bonds. The highest BCUT2D eigenvalue weighted by Gasteiger charge is 2.06. The maximum atomic E-state index is 13.2. The summed E-state index contributed by atoms with van der Waals surface area (Å²) in [6.45, 7) is 6.77. The van der Waals surface area contributed by atoms with Gasteiger partial charge < -0.3 is 9.88 Å². The third-order valence-electron chi connectivity index (χ3n) is 2.78. The Labute approximate surface area is 107 Å². The van der Waals surface area contributed by atoms with Crippen molar-refractivity contribution in [3.63, 3.8) is 0 Å². The SMILES string of the molecule is CCCn1cc(C)nc1Nc1ccc(F)c(C)c1. The lowest BCUT2D eigenvalue weighted by molar-refractivity contribution is 0.618. The van der Waals surface area contributed by atoms with Crippen molar-refractivity contribution in [3.8, 4) is 0 Å². The van der Waals surface area contributed by atoms with Crippen LogP contribution >= 0.6 is 0 Å². The first-order valence-corrected chi connectivity index (χ1v) is 6.17. The highest BCUT2D eigenvalue weighted by atomic mass is 19.1. The lowest BCUT2D eigenvalue weighted by Crippen LogP contribution is -2.03. The summed E-state index contributed by atoms with van der Waals surface area (Å²) in [6, 6.07) is 4.98. The lowest BCUT2D eigenvalue weighted by atomic mass is 10.2. The van der Waals surface area contributed by atoms with Gasteiger partial charge in [0.25, 0.3) is 0 Å². The minimum atomic E-state index is -0.186. The smallest absolute Gasteiger partial charge is 0.207 e. The zero-order valence-electron chi connectivity index (χ0n) is 11.0. The molecule has 0 bridgehead atoms. The van der Waals surface area contributed by atoms with Gasteiger partial charge in [-0.2, -0.15) is 0 Å². The molecular weight excluding hydrogens is 229 g/mol. The number of halogens is 1. The lowest BCUT2D eigenvalue weighted by Gasteiger charge is -2.09. The number of hydrogen-bond acceptors (Lipinski definition) is 2. The van der Waals surface area contributed by atoms with Gasteiger partial charge in [0.05, 0.1) is 5.69 Å². The molecular formula is C14H18FN3. The number of hydrogen-bond donors (Lipinski definition) is 1. The first-order valence-electron chi connectivity index (χ1n) is 6.17. The Morgan fingerprint density at radius 3 is 2.78 bits per heavy atom. The number of imidazole rings is 1. The maximum absolute atomic E-state index is 13.2. The molecule has 96 valence electrons. The van der Waals surface area contributed by atoms with Crippen molar-refractivity contribution in [2.45, 2.75) is 33.7 Å². The molecule has 0 spiro atoms. The van der Waals surface area contributed by atoms with Crippen molar-refractivity contribution in [2.75, 3.05) is 5.32 Å². The fraction of sp³-hybridized carbons (Fsp3) is 0.357. The van der Waals surface area contributed by atoms with Crippen LogP contribution in [0.25, 0.3) is 0 Å². The van der Waals surface area contributed by atoms with Crippen molar-refractivity contribution in [2.24, 2.45) is 0 Å². The van der Waals surface area contributed by atoms with Gasteiger partial charge in [-0.25, -0.2) is 9.37 Å². The van der Waals surface area contributed by atoms with Crippen molar-refractivity contribution >= 4 is 11.6 Å². The Balaban J connectivity index is 2.24. The molecule has 2 aromatic rings. The summed E-state index contributed by atoms with van der Waals surface area (Å²) in [5.41, 5.74) is 2.46. The number of aryl methyl sites for hydroxylation is 3. The molecule has 2 rings (SSSR count). The molecule has 1 N–H and O–H groups in total. The van der Waals surface area contributed by atoms with E-state index < -0.39 is 0 Å². The second-order valence-electron chi connectivity index (χ2n) is 4.49. The number of aromatic nitrogens is 2. The van der Waals surface area contributed by atoms with Crippen LogP contribution in [-0.2, 0) is 6.54 Å². The molecule has 3 nitrogen and oxygen atoms in total. The molecule has 4 heteroatoms. The number of nitrogens with zero attached hydrogens (tertiary/aromatic N) is 2. The fourth-order valence-corrected chi connectivity index (χ4v) is 1.91. The Kier molecular flexibility index (Phi) is 3.65. The van der Waals surface area contributed by atoms with Crippen LogP contribution in [0.15, 0.2) is 24.4 Å². The van der Waals surface area contributed by atoms with Gasteiger partial charge in [-0.3, -0.25) is 0 Å². The Hall–Kier alpha value is -1.84. The summed E-state index contributed by atoms with van der Waals surface area (Å²) in [5.74, 6) is 0.619. The molecule has 1 aromatic heterocycles. The van der Waals surface area contributed by atoms with E-state index in [1.54, 1.807) is 19.1 Å². The van der Waals surface area contributed by atoms with E-state index in [1.165, 1.54) is 6.07 Å². The van der Waals surface area contributed by atoms with Gasteiger partial charge in [0.15, 0.2) is 0 Å². The second kappa shape index (κ2) is 5.21. The Bertz CT molecular complexity index is 546. The molecule has 1 heterocycles. The summed E-state index contributed by atoms with van der Waals surface area (Å²) in [6.07, 6.45) is 3.06. The van der Waals surface area contributed by atoms with Crippen LogP contribution in [0.4, 0.5) is 16.0 Å². The number of rotatable bonds is 4. The Morgan fingerprint density at radius 2 is 2.11 bits per heavy atom. The highest BCUT2D eigenvalue weighted by Crippen LogP contribution is 2.19. The van der Waals surface area contributed by atoms with E-state index in [9.17, 15) is 4.39 Å². The van der Waals surface area contributed by atoms with Crippen molar-refractivity contribution < 1.29 is 4.39 Å². The van der Waals surface area contributed by atoms with Crippen LogP contribution in [0.5, 0.6) is 0 Å². The second-order valence-corrected chi connectivity index (χ2v) is 4.49. The van der Waals surface area contributed by atoms with E-state index in [-0.39, 0.29) is 5.82 Å². The third-order valence-corrected chi connectivity index (χ3v) is 2.78. The van der Waals surface area contributed by atoms with Crippen LogP contribution in [-0.4, -0.2) is 9.55 Å². The normalized spacial score (nSPS) is 10.7. The molecule has 0 radical (unpaired) electrons. The number of nitrogens with one attached hydrogen (secondary N) is 1. The fourth-order valence-electron chi connectivity index (χ4n) is 1.91. The zero-order valence-corrected chi connectivity index (χ0v) is 11.0. The van der Waals surface area contributed by atoms with Crippen molar-refractivity contribution in [1.82, 2.24) is 9.55 Å². The minimum absolute atomic E-state index is 0.186. The van der Waals surface area contributed by atoms with Crippen molar-refractivity contribution in [3.05, 3.63) is 41.5 Å². The summed E-state index contributed by atoms with van der Waals surface area (Å²) in [7, 11) is 0. The zero-order chi connectivity index (χ0) is 13.1. The highest BCUT2D eigenvalue weighted by molar-refractivity contribution is 5.55. The predicted octanol–water partition coefficient (Wildman–Crippen LogP) is 3.79. The van der Waals surface area contributed by atoms with Gasteiger partial charge in [-0.05, 0) is 44.0 Å². The van der Waals surface area contributed by atoms with E-state index in [2.05, 4.69) is 21.8 Å². The molecule has 0 aliphatic carbocycles. The molecule has 1 aromatic carbocycles. The van der Waals surface area contributed by atoms with E-state index in [0.717, 1.165) is 30.3 Å². The van der Waals surface area contributed by atoms with Gasteiger partial charge in [0.2, 0.25) is 5.95 Å². The topological polar surface area (TPSA) is 29.9 Å². The molecule has 0 saturated heterocycles. The summed E-state index contributed by atoms with van der Waals surface area (Å²) >= 11 is 0. The van der Waals surface area contributed by atoms with Crippen molar-refractivity contribution in [1.29, 1.82) is 0 Å². The number of benzene rings is 1. The van der Waals surface area contributed by atoms with Gasteiger partial charge in [-0.1, -0.05) is 6.92 Å². The summed E-state index contributed by atoms with van der Waals surface area (Å²) in [5, 5.41) is 3.23. The van der Waals surface area contributed by atoms with Gasteiger partial charge >= 0.3 is 0 Å². The first-order chi connectivity index (χ1) is 8.60. The molecule has 18 heavy (non-hydrogen) atoms. The first kappa shape index (κ1) is 12.6. The summed E-state index contributed by atoms with van der Waals surface area (Å²) < 4.78 is 15.3. The minimum Gasteiger partial charge on any atom is -0.326 e. The quantitative estimate of drug-likeness (QED) is 0.890. The van der Waals surface area contributed by atoms with Gasteiger partial charge in [0, 0.05) is 18.4 Å². The van der Waals surface area contributed by atoms with E-state index in [0.29, 0.717) is 5.56 Å². The van der Waals surface area contributed by atoms with Crippen LogP contribution in [0.3, 0.4) is 0 Å². The molecule has 0 atom stereocenters. The Morgan fingerprint density at radius 1 is 1.33 bits per heavy atom. The van der Waals surface area contributed by atoms with Gasteiger partial charge in [0.1, 0.15) is 5.82 Å². The van der Waals surface area contributed by atoms with E-state index in [1.807, 2.05) is 13.1 Å². The molecule has 0 aliphatic heterocycles. The summed E-state index contributed by atoms with van der Waals surface area (Å²) in [4.78, 5) is 4.43. The maximum Gasteiger partial charge on any atom is 0.207 e. The van der Waals surface area contributed by atoms with E-state index >= 15 is 0 Å². The van der Waals surface area contributed by atoms with Crippen LogP contribution < -0.4 is 5.32 Å². The predicted molar refractivity (Wildman–Crippen MR) is 71.7 cm³/mol. The van der Waals surface area contributed by atoms with E-state index in [4.69, 9.17) is 0 Å². The molecule has 0 fully saturated rings. The monoisotopic (exact) mass is 247 g/mol. The molecule has 0 aliphatic rings.